The molecular weight excluding hydrogens is 344 g/mol. The summed E-state index contributed by atoms with van der Waals surface area (Å²) in [5.41, 5.74) is 0. The quantitative estimate of drug-likeness (QED) is 0.716. The van der Waals surface area contributed by atoms with Crippen molar-refractivity contribution in [2.24, 2.45) is 5.92 Å². The molecule has 1 rings (SSSR count). The van der Waals surface area contributed by atoms with Gasteiger partial charge in [-0.15, -0.1) is 0 Å². The topological polar surface area (TPSA) is 24.9 Å². The Morgan fingerprint density at radius 3 is 2.71 bits per heavy atom. The van der Waals surface area contributed by atoms with Crippen molar-refractivity contribution in [3.05, 3.63) is 21.2 Å². The maximum absolute atomic E-state index is 4.36. The molecule has 0 aliphatic carbocycles. The highest BCUT2D eigenvalue weighted by atomic mass is 79.9. The van der Waals surface area contributed by atoms with E-state index in [2.05, 4.69) is 56.0 Å². The van der Waals surface area contributed by atoms with Gasteiger partial charge in [0, 0.05) is 17.2 Å². The molecule has 0 aliphatic heterocycles. The summed E-state index contributed by atoms with van der Waals surface area (Å²) in [5.74, 6) is 1.68. The van der Waals surface area contributed by atoms with Crippen LogP contribution in [0.3, 0.4) is 0 Å². The van der Waals surface area contributed by atoms with Gasteiger partial charge in [-0.3, -0.25) is 0 Å². The maximum Gasteiger partial charge on any atom is 0.140 e. The third-order valence-electron chi connectivity index (χ3n) is 2.91. The van der Waals surface area contributed by atoms with Crippen molar-refractivity contribution in [1.82, 2.24) is 4.98 Å². The van der Waals surface area contributed by atoms with E-state index in [0.29, 0.717) is 0 Å². The first-order chi connectivity index (χ1) is 8.17. The lowest BCUT2D eigenvalue weighted by molar-refractivity contribution is 0.472. The Hall–Kier alpha value is -0.0900. The first kappa shape index (κ1) is 15.0. The number of aromatic nitrogens is 1. The van der Waals surface area contributed by atoms with Gasteiger partial charge < -0.3 is 5.32 Å². The van der Waals surface area contributed by atoms with Crippen molar-refractivity contribution in [1.29, 1.82) is 0 Å². The molecule has 2 nitrogen and oxygen atoms in total. The van der Waals surface area contributed by atoms with Crippen LogP contribution in [0.2, 0.25) is 0 Å². The molecule has 1 aromatic rings. The summed E-state index contributed by atoms with van der Waals surface area (Å²) in [7, 11) is 0. The lowest BCUT2D eigenvalue weighted by Crippen LogP contribution is -2.14. The summed E-state index contributed by atoms with van der Waals surface area (Å²) in [6, 6.07) is 2.02. The summed E-state index contributed by atoms with van der Waals surface area (Å²) in [4.78, 5) is 4.36. The second-order valence-corrected chi connectivity index (χ2v) is 6.05. The van der Waals surface area contributed by atoms with Gasteiger partial charge in [0.15, 0.2) is 0 Å². The van der Waals surface area contributed by atoms with Gasteiger partial charge in [-0.2, -0.15) is 0 Å². The van der Waals surface area contributed by atoms with Gasteiger partial charge >= 0.3 is 0 Å². The lowest BCUT2D eigenvalue weighted by atomic mass is 9.99. The van der Waals surface area contributed by atoms with E-state index in [0.717, 1.165) is 27.2 Å². The standard InChI is InChI=1S/C13H20Br2N2/c1-3-5-6-10(4-2)8-16-13-12(15)7-11(14)9-17-13/h7,9-10H,3-6,8H2,1-2H3,(H,16,17). The zero-order chi connectivity index (χ0) is 12.7. The molecule has 0 fully saturated rings. The molecule has 1 atom stereocenters. The fourth-order valence-corrected chi connectivity index (χ4v) is 2.86. The molecule has 1 unspecified atom stereocenters. The minimum absolute atomic E-state index is 0.743. The smallest absolute Gasteiger partial charge is 0.140 e. The number of pyridine rings is 1. The maximum atomic E-state index is 4.36. The Balaban J connectivity index is 2.47. The second kappa shape index (κ2) is 8.09. The summed E-state index contributed by atoms with van der Waals surface area (Å²) < 4.78 is 2.00. The van der Waals surface area contributed by atoms with Crippen LogP contribution in [0.4, 0.5) is 5.82 Å². The van der Waals surface area contributed by atoms with Crippen LogP contribution in [-0.2, 0) is 0 Å². The molecule has 17 heavy (non-hydrogen) atoms. The third-order valence-corrected chi connectivity index (χ3v) is 3.95. The van der Waals surface area contributed by atoms with E-state index in [1.165, 1.54) is 25.7 Å². The van der Waals surface area contributed by atoms with Gasteiger partial charge in [0.05, 0.1) is 4.47 Å². The third kappa shape index (κ3) is 5.38. The van der Waals surface area contributed by atoms with Crippen molar-refractivity contribution in [2.75, 3.05) is 11.9 Å². The van der Waals surface area contributed by atoms with Crippen molar-refractivity contribution in [3.8, 4) is 0 Å². The molecule has 1 N–H and O–H groups in total. The van der Waals surface area contributed by atoms with Crippen LogP contribution >= 0.6 is 31.9 Å². The van der Waals surface area contributed by atoms with Gasteiger partial charge in [0.2, 0.25) is 0 Å². The highest BCUT2D eigenvalue weighted by molar-refractivity contribution is 9.11. The van der Waals surface area contributed by atoms with Crippen molar-refractivity contribution >= 4 is 37.7 Å². The van der Waals surface area contributed by atoms with E-state index in [-0.39, 0.29) is 0 Å². The average molecular weight is 364 g/mol. The molecule has 0 saturated carbocycles. The molecule has 0 aromatic carbocycles. The number of rotatable bonds is 7. The Morgan fingerprint density at radius 1 is 1.35 bits per heavy atom. The van der Waals surface area contributed by atoms with E-state index in [1.54, 1.807) is 0 Å². The molecule has 0 bridgehead atoms. The predicted molar refractivity (Wildman–Crippen MR) is 81.4 cm³/mol. The average Bonchev–Trinajstić information content (AvgIpc) is 2.31. The number of hydrogen-bond acceptors (Lipinski definition) is 2. The van der Waals surface area contributed by atoms with Crippen LogP contribution < -0.4 is 5.32 Å². The van der Waals surface area contributed by atoms with Crippen molar-refractivity contribution in [2.45, 2.75) is 39.5 Å². The zero-order valence-corrected chi connectivity index (χ0v) is 13.6. The molecule has 4 heteroatoms. The Bertz CT molecular complexity index is 342. The van der Waals surface area contributed by atoms with E-state index >= 15 is 0 Å². The fraction of sp³-hybridized carbons (Fsp3) is 0.615. The highest BCUT2D eigenvalue weighted by Crippen LogP contribution is 2.24. The number of nitrogens with zero attached hydrogens (tertiary/aromatic N) is 1. The van der Waals surface area contributed by atoms with E-state index in [1.807, 2.05) is 12.3 Å². The molecule has 0 spiro atoms. The number of unbranched alkanes of at least 4 members (excludes halogenated alkanes) is 1. The molecule has 1 aromatic heterocycles. The van der Waals surface area contributed by atoms with Crippen molar-refractivity contribution in [3.63, 3.8) is 0 Å². The number of hydrogen-bond donors (Lipinski definition) is 1. The van der Waals surface area contributed by atoms with Crippen molar-refractivity contribution < 1.29 is 0 Å². The fourth-order valence-electron chi connectivity index (χ4n) is 1.73. The number of halogens is 2. The van der Waals surface area contributed by atoms with Gasteiger partial charge in [0.25, 0.3) is 0 Å². The molecule has 0 saturated heterocycles. The van der Waals surface area contributed by atoms with Crippen LogP contribution in [0.15, 0.2) is 21.2 Å². The first-order valence-electron chi connectivity index (χ1n) is 6.22. The van der Waals surface area contributed by atoms with Crippen LogP contribution in [0.5, 0.6) is 0 Å². The van der Waals surface area contributed by atoms with E-state index in [9.17, 15) is 0 Å². The SMILES string of the molecule is CCCCC(CC)CNc1ncc(Br)cc1Br. The number of anilines is 1. The summed E-state index contributed by atoms with van der Waals surface area (Å²) >= 11 is 6.92. The van der Waals surface area contributed by atoms with Gasteiger partial charge in [-0.25, -0.2) is 4.98 Å². The molecule has 1 heterocycles. The summed E-state index contributed by atoms with van der Waals surface area (Å²) in [6.45, 7) is 5.50. The molecular formula is C13H20Br2N2. The first-order valence-corrected chi connectivity index (χ1v) is 7.80. The molecule has 0 radical (unpaired) electrons. The van der Waals surface area contributed by atoms with Crippen LogP contribution in [0, 0.1) is 5.92 Å². The van der Waals surface area contributed by atoms with Crippen LogP contribution in [-0.4, -0.2) is 11.5 Å². The predicted octanol–water partition coefficient (Wildman–Crippen LogP) is 5.23. The molecule has 96 valence electrons. The van der Waals surface area contributed by atoms with Crippen LogP contribution in [0.1, 0.15) is 39.5 Å². The minimum Gasteiger partial charge on any atom is -0.369 e. The normalized spacial score (nSPS) is 12.5. The highest BCUT2D eigenvalue weighted by Gasteiger charge is 2.07. The Kier molecular flexibility index (Phi) is 7.12. The van der Waals surface area contributed by atoms with E-state index in [4.69, 9.17) is 0 Å². The Labute approximate surface area is 121 Å². The lowest BCUT2D eigenvalue weighted by Gasteiger charge is -2.16. The van der Waals surface area contributed by atoms with Gasteiger partial charge in [0.1, 0.15) is 5.82 Å². The van der Waals surface area contributed by atoms with Gasteiger partial charge in [-0.05, 0) is 50.3 Å². The summed E-state index contributed by atoms with van der Waals surface area (Å²) in [6.07, 6.45) is 6.93. The monoisotopic (exact) mass is 362 g/mol. The van der Waals surface area contributed by atoms with Gasteiger partial charge in [-0.1, -0.05) is 33.1 Å². The minimum atomic E-state index is 0.743. The largest absolute Gasteiger partial charge is 0.369 e. The Morgan fingerprint density at radius 2 is 2.12 bits per heavy atom. The second-order valence-electron chi connectivity index (χ2n) is 4.28. The summed E-state index contributed by atoms with van der Waals surface area (Å²) in [5, 5.41) is 3.42. The number of nitrogens with one attached hydrogen (secondary N) is 1. The van der Waals surface area contributed by atoms with E-state index < -0.39 is 0 Å². The zero-order valence-electron chi connectivity index (χ0n) is 10.5. The van der Waals surface area contributed by atoms with Crippen LogP contribution in [0.25, 0.3) is 0 Å². The molecule has 0 amide bonds. The molecule has 0 aliphatic rings.